The lowest BCUT2D eigenvalue weighted by Crippen LogP contribution is -2.26. The lowest BCUT2D eigenvalue weighted by Gasteiger charge is -2.30. The van der Waals surface area contributed by atoms with E-state index in [0.717, 1.165) is 31.6 Å². The molecular formula is C12H25NO. The van der Waals surface area contributed by atoms with Crippen molar-refractivity contribution in [3.63, 3.8) is 0 Å². The van der Waals surface area contributed by atoms with E-state index in [1.165, 1.54) is 38.5 Å². The van der Waals surface area contributed by atoms with Gasteiger partial charge in [0, 0.05) is 13.2 Å². The van der Waals surface area contributed by atoms with Gasteiger partial charge in [-0.3, -0.25) is 0 Å². The second-order valence-electron chi connectivity index (χ2n) is 4.38. The lowest BCUT2D eigenvalue weighted by atomic mass is 9.77. The third-order valence-corrected chi connectivity index (χ3v) is 3.44. The number of hydrogen-bond acceptors (Lipinski definition) is 2. The number of ether oxygens (including phenoxy) is 1. The minimum absolute atomic E-state index is 0.797. The van der Waals surface area contributed by atoms with Gasteiger partial charge in [0.1, 0.15) is 0 Å². The monoisotopic (exact) mass is 199 g/mol. The summed E-state index contributed by atoms with van der Waals surface area (Å²) in [6, 6.07) is 0. The molecule has 2 nitrogen and oxygen atoms in total. The first-order chi connectivity index (χ1) is 6.88. The zero-order valence-corrected chi connectivity index (χ0v) is 9.50. The van der Waals surface area contributed by atoms with Crippen molar-refractivity contribution in [2.45, 2.75) is 45.4 Å². The molecule has 0 saturated heterocycles. The fourth-order valence-corrected chi connectivity index (χ4v) is 2.57. The van der Waals surface area contributed by atoms with E-state index in [2.05, 4.69) is 6.92 Å². The third-order valence-electron chi connectivity index (χ3n) is 3.44. The zero-order valence-electron chi connectivity index (χ0n) is 9.50. The number of rotatable bonds is 6. The summed E-state index contributed by atoms with van der Waals surface area (Å²) < 4.78 is 5.36. The summed E-state index contributed by atoms with van der Waals surface area (Å²) in [4.78, 5) is 0. The van der Waals surface area contributed by atoms with Crippen molar-refractivity contribution < 1.29 is 4.74 Å². The van der Waals surface area contributed by atoms with Gasteiger partial charge in [-0.1, -0.05) is 19.3 Å². The average molecular weight is 199 g/mol. The Morgan fingerprint density at radius 3 is 2.57 bits per heavy atom. The third kappa shape index (κ3) is 3.97. The molecule has 1 fully saturated rings. The molecule has 0 amide bonds. The molecule has 2 heteroatoms. The van der Waals surface area contributed by atoms with Gasteiger partial charge in [0.15, 0.2) is 0 Å². The quantitative estimate of drug-likeness (QED) is 0.667. The predicted molar refractivity (Wildman–Crippen MR) is 60.2 cm³/mol. The highest BCUT2D eigenvalue weighted by atomic mass is 16.5. The molecule has 2 atom stereocenters. The highest BCUT2D eigenvalue weighted by Gasteiger charge is 2.22. The van der Waals surface area contributed by atoms with Gasteiger partial charge in [0.2, 0.25) is 0 Å². The highest BCUT2D eigenvalue weighted by molar-refractivity contribution is 4.75. The van der Waals surface area contributed by atoms with Crippen LogP contribution in [0.25, 0.3) is 0 Å². The van der Waals surface area contributed by atoms with Gasteiger partial charge < -0.3 is 10.5 Å². The maximum absolute atomic E-state index is 5.79. The topological polar surface area (TPSA) is 35.2 Å². The Morgan fingerprint density at radius 2 is 1.93 bits per heavy atom. The summed E-state index contributed by atoms with van der Waals surface area (Å²) in [6.07, 6.45) is 8.10. The van der Waals surface area contributed by atoms with Crippen molar-refractivity contribution >= 4 is 0 Å². The second kappa shape index (κ2) is 7.24. The summed E-state index contributed by atoms with van der Waals surface area (Å²) in [7, 11) is 0. The first-order valence-corrected chi connectivity index (χ1v) is 6.16. The molecule has 0 aromatic rings. The summed E-state index contributed by atoms with van der Waals surface area (Å²) in [5, 5.41) is 0. The van der Waals surface area contributed by atoms with Crippen molar-refractivity contribution in [1.82, 2.24) is 0 Å². The Hall–Kier alpha value is -0.0800. The number of hydrogen-bond donors (Lipinski definition) is 1. The molecule has 0 heterocycles. The fourth-order valence-electron chi connectivity index (χ4n) is 2.57. The molecule has 2 unspecified atom stereocenters. The smallest absolute Gasteiger partial charge is 0.0465 e. The molecular weight excluding hydrogens is 174 g/mol. The SMILES string of the molecule is CCOCCCC1CCCCC1CN. The van der Waals surface area contributed by atoms with E-state index in [-0.39, 0.29) is 0 Å². The largest absolute Gasteiger partial charge is 0.382 e. The molecule has 1 aliphatic rings. The molecule has 0 radical (unpaired) electrons. The summed E-state index contributed by atoms with van der Waals surface area (Å²) >= 11 is 0. The maximum atomic E-state index is 5.79. The van der Waals surface area contributed by atoms with Crippen LogP contribution in [0, 0.1) is 11.8 Å². The standard InChI is InChI=1S/C12H25NO/c1-2-14-9-5-8-11-6-3-4-7-12(11)10-13/h11-12H,2-10,13H2,1H3. The molecule has 1 rings (SSSR count). The first-order valence-electron chi connectivity index (χ1n) is 6.16. The van der Waals surface area contributed by atoms with Crippen molar-refractivity contribution in [1.29, 1.82) is 0 Å². The molecule has 1 saturated carbocycles. The van der Waals surface area contributed by atoms with E-state index in [0.29, 0.717) is 0 Å². The van der Waals surface area contributed by atoms with Crippen molar-refractivity contribution in [2.24, 2.45) is 17.6 Å². The average Bonchev–Trinajstić information content (AvgIpc) is 2.25. The van der Waals surface area contributed by atoms with Crippen molar-refractivity contribution in [2.75, 3.05) is 19.8 Å². The molecule has 0 aromatic carbocycles. The number of nitrogens with two attached hydrogens (primary N) is 1. The van der Waals surface area contributed by atoms with Crippen LogP contribution in [0.4, 0.5) is 0 Å². The van der Waals surface area contributed by atoms with Gasteiger partial charge in [0.25, 0.3) is 0 Å². The van der Waals surface area contributed by atoms with E-state index < -0.39 is 0 Å². The van der Waals surface area contributed by atoms with Gasteiger partial charge in [-0.15, -0.1) is 0 Å². The molecule has 0 spiro atoms. The van der Waals surface area contributed by atoms with E-state index in [1.807, 2.05) is 0 Å². The fraction of sp³-hybridized carbons (Fsp3) is 1.00. The van der Waals surface area contributed by atoms with E-state index in [4.69, 9.17) is 10.5 Å². The normalized spacial score (nSPS) is 27.9. The molecule has 0 aliphatic heterocycles. The summed E-state index contributed by atoms with van der Waals surface area (Å²) in [6.45, 7) is 4.73. The van der Waals surface area contributed by atoms with E-state index >= 15 is 0 Å². The van der Waals surface area contributed by atoms with E-state index in [9.17, 15) is 0 Å². The Bertz CT molecular complexity index is 138. The van der Waals surface area contributed by atoms with Crippen LogP contribution in [0.15, 0.2) is 0 Å². The Labute approximate surface area is 88.2 Å². The Balaban J connectivity index is 2.13. The molecule has 14 heavy (non-hydrogen) atoms. The van der Waals surface area contributed by atoms with Crippen LogP contribution in [0.3, 0.4) is 0 Å². The lowest BCUT2D eigenvalue weighted by molar-refractivity contribution is 0.129. The van der Waals surface area contributed by atoms with Crippen LogP contribution in [0.1, 0.15) is 45.4 Å². The molecule has 1 aliphatic carbocycles. The highest BCUT2D eigenvalue weighted by Crippen LogP contribution is 2.32. The Kier molecular flexibility index (Phi) is 6.20. The van der Waals surface area contributed by atoms with Gasteiger partial charge in [-0.05, 0) is 44.6 Å². The molecule has 84 valence electrons. The van der Waals surface area contributed by atoms with Gasteiger partial charge in [0.05, 0.1) is 0 Å². The van der Waals surface area contributed by atoms with Crippen LogP contribution in [0.2, 0.25) is 0 Å². The maximum Gasteiger partial charge on any atom is 0.0465 e. The first kappa shape index (κ1) is 12.0. The Morgan fingerprint density at radius 1 is 1.21 bits per heavy atom. The zero-order chi connectivity index (χ0) is 10.2. The van der Waals surface area contributed by atoms with Gasteiger partial charge >= 0.3 is 0 Å². The summed E-state index contributed by atoms with van der Waals surface area (Å²) in [5.41, 5.74) is 5.79. The minimum Gasteiger partial charge on any atom is -0.382 e. The van der Waals surface area contributed by atoms with Crippen molar-refractivity contribution in [3.05, 3.63) is 0 Å². The van der Waals surface area contributed by atoms with Gasteiger partial charge in [-0.2, -0.15) is 0 Å². The molecule has 2 N–H and O–H groups in total. The van der Waals surface area contributed by atoms with Gasteiger partial charge in [-0.25, -0.2) is 0 Å². The second-order valence-corrected chi connectivity index (χ2v) is 4.38. The van der Waals surface area contributed by atoms with Crippen LogP contribution in [0.5, 0.6) is 0 Å². The molecule has 0 aromatic heterocycles. The van der Waals surface area contributed by atoms with Crippen LogP contribution >= 0.6 is 0 Å². The van der Waals surface area contributed by atoms with Crippen LogP contribution < -0.4 is 5.73 Å². The van der Waals surface area contributed by atoms with Crippen LogP contribution in [-0.2, 0) is 4.74 Å². The van der Waals surface area contributed by atoms with Crippen molar-refractivity contribution in [3.8, 4) is 0 Å². The molecule has 0 bridgehead atoms. The predicted octanol–water partition coefficient (Wildman–Crippen LogP) is 2.57. The van der Waals surface area contributed by atoms with E-state index in [1.54, 1.807) is 0 Å². The minimum atomic E-state index is 0.797. The van der Waals surface area contributed by atoms with Crippen LogP contribution in [-0.4, -0.2) is 19.8 Å². The summed E-state index contributed by atoms with van der Waals surface area (Å²) in [5.74, 6) is 1.68.